The number of aromatic nitrogens is 1. The van der Waals surface area contributed by atoms with Crippen molar-refractivity contribution in [3.05, 3.63) is 29.6 Å². The number of pyridine rings is 1. The fourth-order valence-corrected chi connectivity index (χ4v) is 1.59. The number of nitrogens with one attached hydrogen (secondary N) is 1. The molecule has 1 aromatic rings. The second-order valence-corrected chi connectivity index (χ2v) is 4.37. The number of nitrogens with zero attached hydrogens (tertiary/aromatic N) is 1. The Labute approximate surface area is 105 Å². The minimum absolute atomic E-state index is 0.860. The van der Waals surface area contributed by atoms with Crippen molar-refractivity contribution in [3.8, 4) is 0 Å². The lowest BCUT2D eigenvalue weighted by atomic mass is 10.2. The molecule has 0 radical (unpaired) electrons. The molecule has 0 unspecified atom stereocenters. The Morgan fingerprint density at radius 1 is 1.24 bits per heavy atom. The van der Waals surface area contributed by atoms with Gasteiger partial charge in [0.05, 0.1) is 0 Å². The normalized spacial score (nSPS) is 10.7. The van der Waals surface area contributed by atoms with Crippen molar-refractivity contribution in [3.63, 3.8) is 0 Å². The van der Waals surface area contributed by atoms with Gasteiger partial charge in [-0.1, -0.05) is 19.4 Å². The van der Waals surface area contributed by atoms with Gasteiger partial charge >= 0.3 is 0 Å². The first-order valence-electron chi connectivity index (χ1n) is 6.52. The van der Waals surface area contributed by atoms with E-state index in [1.54, 1.807) is 0 Å². The Bertz CT molecular complexity index is 302. The fraction of sp³-hybridized carbons (Fsp3) is 0.643. The highest BCUT2D eigenvalue weighted by Crippen LogP contribution is 2.00. The molecule has 0 bridgehead atoms. The molecule has 0 spiro atoms. The molecule has 1 rings (SSSR count). The minimum atomic E-state index is 0.860. The molecule has 0 saturated carbocycles. The molecule has 0 amide bonds. The van der Waals surface area contributed by atoms with Crippen LogP contribution < -0.4 is 5.32 Å². The van der Waals surface area contributed by atoms with Gasteiger partial charge in [0.15, 0.2) is 0 Å². The average molecular weight is 236 g/mol. The van der Waals surface area contributed by atoms with E-state index in [0.717, 1.165) is 32.7 Å². The summed E-state index contributed by atoms with van der Waals surface area (Å²) >= 11 is 0. The first kappa shape index (κ1) is 14.1. The molecule has 3 heteroatoms. The summed E-state index contributed by atoms with van der Waals surface area (Å²) in [5.74, 6) is 0. The zero-order valence-corrected chi connectivity index (χ0v) is 11.0. The maximum absolute atomic E-state index is 5.49. The summed E-state index contributed by atoms with van der Waals surface area (Å²) in [5, 5.41) is 3.40. The van der Waals surface area contributed by atoms with Crippen LogP contribution in [0.5, 0.6) is 0 Å². The van der Waals surface area contributed by atoms with Gasteiger partial charge in [0.25, 0.3) is 0 Å². The second kappa shape index (κ2) is 9.14. The third kappa shape index (κ3) is 7.08. The van der Waals surface area contributed by atoms with Gasteiger partial charge in [-0.2, -0.15) is 0 Å². The lowest BCUT2D eigenvalue weighted by Gasteiger charge is -2.06. The van der Waals surface area contributed by atoms with Crippen LogP contribution in [-0.2, 0) is 11.3 Å². The number of hydrogen-bond acceptors (Lipinski definition) is 3. The predicted octanol–water partition coefficient (Wildman–Crippen LogP) is 2.69. The van der Waals surface area contributed by atoms with Crippen LogP contribution in [0, 0.1) is 6.92 Å². The molecule has 0 saturated heterocycles. The minimum Gasteiger partial charge on any atom is -0.381 e. The summed E-state index contributed by atoms with van der Waals surface area (Å²) in [6, 6.07) is 2.16. The number of aryl methyl sites for hydroxylation is 1. The van der Waals surface area contributed by atoms with Crippen LogP contribution in [0.3, 0.4) is 0 Å². The molecule has 0 aliphatic rings. The van der Waals surface area contributed by atoms with Gasteiger partial charge in [-0.3, -0.25) is 4.98 Å². The van der Waals surface area contributed by atoms with Gasteiger partial charge in [0, 0.05) is 32.2 Å². The van der Waals surface area contributed by atoms with Crippen molar-refractivity contribution in [1.82, 2.24) is 10.3 Å². The van der Waals surface area contributed by atoms with Crippen molar-refractivity contribution in [1.29, 1.82) is 0 Å². The molecule has 1 N–H and O–H groups in total. The number of hydrogen-bond donors (Lipinski definition) is 1. The monoisotopic (exact) mass is 236 g/mol. The standard InChI is InChI=1S/C14H24N2O/c1-3-4-7-17-8-5-6-15-11-14-9-13(2)10-16-12-14/h9-10,12,15H,3-8,11H2,1-2H3. The van der Waals surface area contributed by atoms with E-state index in [4.69, 9.17) is 4.74 Å². The predicted molar refractivity (Wildman–Crippen MR) is 71.0 cm³/mol. The summed E-state index contributed by atoms with van der Waals surface area (Å²) in [7, 11) is 0. The molecular weight excluding hydrogens is 212 g/mol. The van der Waals surface area contributed by atoms with Crippen molar-refractivity contribution in [2.75, 3.05) is 19.8 Å². The second-order valence-electron chi connectivity index (χ2n) is 4.37. The van der Waals surface area contributed by atoms with Gasteiger partial charge < -0.3 is 10.1 Å². The highest BCUT2D eigenvalue weighted by molar-refractivity contribution is 5.16. The van der Waals surface area contributed by atoms with E-state index >= 15 is 0 Å². The summed E-state index contributed by atoms with van der Waals surface area (Å²) in [4.78, 5) is 4.17. The summed E-state index contributed by atoms with van der Waals surface area (Å²) in [6.07, 6.45) is 7.24. The van der Waals surface area contributed by atoms with Crippen LogP contribution in [0.15, 0.2) is 18.5 Å². The molecule has 0 aliphatic carbocycles. The van der Waals surface area contributed by atoms with Crippen LogP contribution in [0.4, 0.5) is 0 Å². The highest BCUT2D eigenvalue weighted by atomic mass is 16.5. The molecule has 1 aromatic heterocycles. The Hall–Kier alpha value is -0.930. The van der Waals surface area contributed by atoms with Crippen LogP contribution >= 0.6 is 0 Å². The van der Waals surface area contributed by atoms with E-state index in [1.165, 1.54) is 24.0 Å². The van der Waals surface area contributed by atoms with Crippen molar-refractivity contribution in [2.24, 2.45) is 0 Å². The Morgan fingerprint density at radius 2 is 2.06 bits per heavy atom. The summed E-state index contributed by atoms with van der Waals surface area (Å²) < 4.78 is 5.49. The highest BCUT2D eigenvalue weighted by Gasteiger charge is 1.94. The third-order valence-electron chi connectivity index (χ3n) is 2.55. The van der Waals surface area contributed by atoms with E-state index in [2.05, 4.69) is 30.2 Å². The number of ether oxygens (including phenoxy) is 1. The number of unbranched alkanes of at least 4 members (excludes halogenated alkanes) is 1. The molecule has 0 fully saturated rings. The lowest BCUT2D eigenvalue weighted by Crippen LogP contribution is -2.16. The number of rotatable bonds is 9. The van der Waals surface area contributed by atoms with E-state index < -0.39 is 0 Å². The third-order valence-corrected chi connectivity index (χ3v) is 2.55. The maximum Gasteiger partial charge on any atom is 0.0478 e. The van der Waals surface area contributed by atoms with Gasteiger partial charge in [-0.15, -0.1) is 0 Å². The van der Waals surface area contributed by atoms with Crippen LogP contribution in [0.25, 0.3) is 0 Å². The van der Waals surface area contributed by atoms with Gasteiger partial charge in [-0.25, -0.2) is 0 Å². The summed E-state index contributed by atoms with van der Waals surface area (Å²) in [6.45, 7) is 7.90. The van der Waals surface area contributed by atoms with Crippen LogP contribution in [-0.4, -0.2) is 24.7 Å². The zero-order chi connectivity index (χ0) is 12.3. The Kier molecular flexibility index (Phi) is 7.60. The van der Waals surface area contributed by atoms with E-state index in [0.29, 0.717) is 0 Å². The first-order valence-corrected chi connectivity index (χ1v) is 6.52. The molecule has 0 atom stereocenters. The molecule has 1 heterocycles. The molecular formula is C14H24N2O. The lowest BCUT2D eigenvalue weighted by molar-refractivity contribution is 0.129. The van der Waals surface area contributed by atoms with E-state index in [1.807, 2.05) is 12.4 Å². The quantitative estimate of drug-likeness (QED) is 0.669. The fourth-order valence-electron chi connectivity index (χ4n) is 1.59. The average Bonchev–Trinajstić information content (AvgIpc) is 2.33. The molecule has 0 aliphatic heterocycles. The zero-order valence-electron chi connectivity index (χ0n) is 11.0. The van der Waals surface area contributed by atoms with Gasteiger partial charge in [0.1, 0.15) is 0 Å². The Balaban J connectivity index is 1.97. The van der Waals surface area contributed by atoms with Crippen molar-refractivity contribution < 1.29 is 4.74 Å². The van der Waals surface area contributed by atoms with Crippen LogP contribution in [0.1, 0.15) is 37.3 Å². The molecule has 0 aromatic carbocycles. The largest absolute Gasteiger partial charge is 0.381 e. The molecule has 96 valence electrons. The smallest absolute Gasteiger partial charge is 0.0478 e. The maximum atomic E-state index is 5.49. The SMILES string of the molecule is CCCCOCCCNCc1cncc(C)c1. The van der Waals surface area contributed by atoms with Crippen molar-refractivity contribution in [2.45, 2.75) is 39.7 Å². The summed E-state index contributed by atoms with van der Waals surface area (Å²) in [5.41, 5.74) is 2.46. The Morgan fingerprint density at radius 3 is 2.82 bits per heavy atom. The van der Waals surface area contributed by atoms with Crippen molar-refractivity contribution >= 4 is 0 Å². The topological polar surface area (TPSA) is 34.1 Å². The first-order chi connectivity index (χ1) is 8.33. The molecule has 17 heavy (non-hydrogen) atoms. The van der Waals surface area contributed by atoms with Gasteiger partial charge in [-0.05, 0) is 37.4 Å². The van der Waals surface area contributed by atoms with Crippen LogP contribution in [0.2, 0.25) is 0 Å². The van der Waals surface area contributed by atoms with E-state index in [-0.39, 0.29) is 0 Å². The van der Waals surface area contributed by atoms with Gasteiger partial charge in [0.2, 0.25) is 0 Å². The molecule has 3 nitrogen and oxygen atoms in total. The van der Waals surface area contributed by atoms with E-state index in [9.17, 15) is 0 Å².